The molecule has 5 nitrogen and oxygen atoms in total. The van der Waals surface area contributed by atoms with Gasteiger partial charge in [-0.15, -0.1) is 0 Å². The Morgan fingerprint density at radius 1 is 0.862 bits per heavy atom. The Hall–Kier alpha value is -2.82. The van der Waals surface area contributed by atoms with E-state index >= 15 is 0 Å². The molecule has 0 saturated carbocycles. The summed E-state index contributed by atoms with van der Waals surface area (Å²) in [6.07, 6.45) is 7.95. The summed E-state index contributed by atoms with van der Waals surface area (Å²) in [5.41, 5.74) is 0.809. The van der Waals surface area contributed by atoms with Crippen LogP contribution in [0.1, 0.15) is 78.1 Å². The predicted octanol–water partition coefficient (Wildman–Crippen LogP) is 5.54. The summed E-state index contributed by atoms with van der Waals surface area (Å²) in [4.78, 5) is 25.5. The Balaban J connectivity index is 2.01. The topological polar surface area (TPSA) is 72.8 Å². The highest BCUT2D eigenvalue weighted by Gasteiger charge is 2.20. The number of carbonyl (C=O) groups excluding carboxylic acids is 2. The van der Waals surface area contributed by atoms with Gasteiger partial charge in [0.2, 0.25) is 0 Å². The number of unbranched alkanes of at least 4 members (excludes halogenated alkanes) is 6. The number of hydrogen-bond donors (Lipinski definition) is 1. The first kappa shape index (κ1) is 22.5. The molecule has 0 bridgehead atoms. The van der Waals surface area contributed by atoms with Crippen molar-refractivity contribution in [2.75, 3.05) is 13.7 Å². The van der Waals surface area contributed by atoms with Crippen LogP contribution in [0.15, 0.2) is 42.5 Å². The van der Waals surface area contributed by atoms with Crippen LogP contribution in [-0.4, -0.2) is 30.6 Å². The van der Waals surface area contributed by atoms with Crippen LogP contribution in [0.5, 0.6) is 11.5 Å². The number of carbonyl (C=O) groups is 2. The SMILES string of the molecule is CCCCCCCCCOC(=O)c1ccc(OC)cc1C(=O)c1ccc(O)cc1. The van der Waals surface area contributed by atoms with Gasteiger partial charge in [-0.05, 0) is 48.9 Å². The first-order valence-electron chi connectivity index (χ1n) is 10.3. The first-order chi connectivity index (χ1) is 14.1. The Bertz CT molecular complexity index is 795. The van der Waals surface area contributed by atoms with Crippen molar-refractivity contribution in [2.24, 2.45) is 0 Å². The smallest absolute Gasteiger partial charge is 0.338 e. The molecule has 0 saturated heterocycles. The van der Waals surface area contributed by atoms with E-state index < -0.39 is 5.97 Å². The van der Waals surface area contributed by atoms with Gasteiger partial charge in [0.15, 0.2) is 5.78 Å². The number of phenols is 1. The van der Waals surface area contributed by atoms with Gasteiger partial charge >= 0.3 is 5.97 Å². The molecule has 1 N–H and O–H groups in total. The number of hydrogen-bond acceptors (Lipinski definition) is 5. The van der Waals surface area contributed by atoms with Gasteiger partial charge in [-0.25, -0.2) is 4.79 Å². The molecule has 0 heterocycles. The fraction of sp³-hybridized carbons (Fsp3) is 0.417. The average molecular weight is 398 g/mol. The molecule has 2 aromatic carbocycles. The van der Waals surface area contributed by atoms with Crippen LogP contribution in [0.4, 0.5) is 0 Å². The second-order valence-electron chi connectivity index (χ2n) is 7.04. The van der Waals surface area contributed by atoms with Crippen molar-refractivity contribution >= 4 is 11.8 Å². The number of rotatable bonds is 12. The molecule has 0 aliphatic carbocycles. The second-order valence-corrected chi connectivity index (χ2v) is 7.04. The Kier molecular flexibility index (Phi) is 9.22. The molecule has 2 rings (SSSR count). The van der Waals surface area contributed by atoms with Crippen molar-refractivity contribution in [2.45, 2.75) is 51.9 Å². The van der Waals surface area contributed by atoms with Crippen LogP contribution >= 0.6 is 0 Å². The summed E-state index contributed by atoms with van der Waals surface area (Å²) < 4.78 is 10.6. The molecule has 5 heteroatoms. The van der Waals surface area contributed by atoms with E-state index in [1.165, 1.54) is 57.1 Å². The summed E-state index contributed by atoms with van der Waals surface area (Å²) in [6.45, 7) is 2.53. The lowest BCUT2D eigenvalue weighted by Crippen LogP contribution is -2.13. The van der Waals surface area contributed by atoms with E-state index in [9.17, 15) is 14.7 Å². The van der Waals surface area contributed by atoms with Crippen LogP contribution in [0, 0.1) is 0 Å². The van der Waals surface area contributed by atoms with E-state index in [4.69, 9.17) is 9.47 Å². The van der Waals surface area contributed by atoms with Gasteiger partial charge in [0.25, 0.3) is 0 Å². The van der Waals surface area contributed by atoms with Gasteiger partial charge in [-0.2, -0.15) is 0 Å². The highest BCUT2D eigenvalue weighted by atomic mass is 16.5. The van der Waals surface area contributed by atoms with E-state index in [-0.39, 0.29) is 22.7 Å². The molecule has 0 unspecified atom stereocenters. The largest absolute Gasteiger partial charge is 0.508 e. The molecule has 0 aliphatic heterocycles. The molecular weight excluding hydrogens is 368 g/mol. The molecule has 0 amide bonds. The number of benzene rings is 2. The quantitative estimate of drug-likeness (QED) is 0.289. The fourth-order valence-corrected chi connectivity index (χ4v) is 3.09. The first-order valence-corrected chi connectivity index (χ1v) is 10.3. The highest BCUT2D eigenvalue weighted by Crippen LogP contribution is 2.23. The summed E-state index contributed by atoms with van der Waals surface area (Å²) in [5.74, 6) is -0.287. The monoisotopic (exact) mass is 398 g/mol. The minimum absolute atomic E-state index is 0.0709. The maximum atomic E-state index is 12.9. The Labute approximate surface area is 172 Å². The fourth-order valence-electron chi connectivity index (χ4n) is 3.09. The molecule has 2 aromatic rings. The molecule has 0 aromatic heterocycles. The van der Waals surface area contributed by atoms with E-state index in [1.807, 2.05) is 0 Å². The lowest BCUT2D eigenvalue weighted by molar-refractivity contribution is 0.0495. The van der Waals surface area contributed by atoms with E-state index in [0.29, 0.717) is 17.9 Å². The average Bonchev–Trinajstić information content (AvgIpc) is 2.75. The minimum Gasteiger partial charge on any atom is -0.508 e. The molecular formula is C24H30O5. The molecule has 0 fully saturated rings. The number of aromatic hydroxyl groups is 1. The Morgan fingerprint density at radius 2 is 1.52 bits per heavy atom. The van der Waals surface area contributed by atoms with Crippen LogP contribution < -0.4 is 4.74 Å². The highest BCUT2D eigenvalue weighted by molar-refractivity contribution is 6.14. The van der Waals surface area contributed by atoms with Crippen LogP contribution in [0.3, 0.4) is 0 Å². The van der Waals surface area contributed by atoms with Crippen molar-refractivity contribution in [3.05, 3.63) is 59.2 Å². The summed E-state index contributed by atoms with van der Waals surface area (Å²) in [6, 6.07) is 10.6. The Morgan fingerprint density at radius 3 is 2.17 bits per heavy atom. The number of esters is 1. The molecule has 0 atom stereocenters. The number of ether oxygens (including phenoxy) is 2. The maximum Gasteiger partial charge on any atom is 0.338 e. The lowest BCUT2D eigenvalue weighted by Gasteiger charge is -2.11. The van der Waals surface area contributed by atoms with Crippen molar-refractivity contribution in [1.82, 2.24) is 0 Å². The zero-order valence-corrected chi connectivity index (χ0v) is 17.3. The van der Waals surface area contributed by atoms with Crippen LogP contribution in [-0.2, 0) is 4.74 Å². The summed E-state index contributed by atoms with van der Waals surface area (Å²) in [5, 5.41) is 9.43. The van der Waals surface area contributed by atoms with Crippen molar-refractivity contribution < 1.29 is 24.2 Å². The summed E-state index contributed by atoms with van der Waals surface area (Å²) >= 11 is 0. The molecule has 0 spiro atoms. The second kappa shape index (κ2) is 11.9. The van der Waals surface area contributed by atoms with Gasteiger partial charge < -0.3 is 14.6 Å². The predicted molar refractivity (Wildman–Crippen MR) is 113 cm³/mol. The van der Waals surface area contributed by atoms with Gasteiger partial charge in [-0.1, -0.05) is 45.4 Å². The zero-order valence-electron chi connectivity index (χ0n) is 17.3. The molecule has 0 aliphatic rings. The van der Waals surface area contributed by atoms with Gasteiger partial charge in [0, 0.05) is 11.1 Å². The van der Waals surface area contributed by atoms with Crippen LogP contribution in [0.2, 0.25) is 0 Å². The minimum atomic E-state index is -0.513. The van der Waals surface area contributed by atoms with Gasteiger partial charge in [0.05, 0.1) is 19.3 Å². The molecule has 29 heavy (non-hydrogen) atoms. The molecule has 156 valence electrons. The van der Waals surface area contributed by atoms with Crippen molar-refractivity contribution in [1.29, 1.82) is 0 Å². The standard InChI is InChI=1S/C24H30O5/c1-3-4-5-6-7-8-9-16-29-24(27)21-15-14-20(28-2)17-22(21)23(26)18-10-12-19(25)13-11-18/h10-15,17,25H,3-9,16H2,1-2H3. The third-order valence-electron chi connectivity index (χ3n) is 4.80. The van der Waals surface area contributed by atoms with E-state index in [0.717, 1.165) is 19.3 Å². The van der Waals surface area contributed by atoms with E-state index in [2.05, 4.69) is 6.92 Å². The molecule has 0 radical (unpaired) electrons. The van der Waals surface area contributed by atoms with Gasteiger partial charge in [-0.3, -0.25) is 4.79 Å². The number of phenolic OH excluding ortho intramolecular Hbond substituents is 1. The van der Waals surface area contributed by atoms with Crippen LogP contribution in [0.25, 0.3) is 0 Å². The van der Waals surface area contributed by atoms with E-state index in [1.54, 1.807) is 18.2 Å². The third-order valence-corrected chi connectivity index (χ3v) is 4.80. The van der Waals surface area contributed by atoms with Crippen molar-refractivity contribution in [3.63, 3.8) is 0 Å². The van der Waals surface area contributed by atoms with Gasteiger partial charge in [0.1, 0.15) is 11.5 Å². The zero-order chi connectivity index (χ0) is 21.1. The number of methoxy groups -OCH3 is 1. The van der Waals surface area contributed by atoms with Crippen molar-refractivity contribution in [3.8, 4) is 11.5 Å². The maximum absolute atomic E-state index is 12.9. The lowest BCUT2D eigenvalue weighted by atomic mass is 9.98. The third kappa shape index (κ3) is 6.93. The normalized spacial score (nSPS) is 10.6. The summed E-state index contributed by atoms with van der Waals surface area (Å²) in [7, 11) is 1.50. The number of ketones is 1.